The minimum absolute atomic E-state index is 0.596. The molecule has 0 spiro atoms. The molecule has 0 radical (unpaired) electrons. The van der Waals surface area contributed by atoms with E-state index in [4.69, 9.17) is 9.68 Å². The van der Waals surface area contributed by atoms with Gasteiger partial charge in [0.15, 0.2) is 5.58 Å². The molecule has 0 fully saturated rings. The van der Waals surface area contributed by atoms with E-state index in [-0.39, 0.29) is 0 Å². The van der Waals surface area contributed by atoms with Gasteiger partial charge in [0.25, 0.3) is 6.01 Å². The summed E-state index contributed by atoms with van der Waals surface area (Å²) >= 11 is 1.58. The van der Waals surface area contributed by atoms with Crippen molar-refractivity contribution in [1.29, 1.82) is 5.26 Å². The van der Waals surface area contributed by atoms with Crippen LogP contribution in [0.4, 0.5) is 11.7 Å². The Hall–Kier alpha value is -2.52. The number of thiophene rings is 1. The predicted octanol–water partition coefficient (Wildman–Crippen LogP) is 3.44. The van der Waals surface area contributed by atoms with Gasteiger partial charge in [0.05, 0.1) is 5.56 Å². The van der Waals surface area contributed by atoms with E-state index in [0.29, 0.717) is 18.1 Å². The molecule has 2 aromatic heterocycles. The average molecular weight is 298 g/mol. The van der Waals surface area contributed by atoms with E-state index in [9.17, 15) is 0 Å². The summed E-state index contributed by atoms with van der Waals surface area (Å²) in [7, 11) is 3.79. The number of hydrogen-bond acceptors (Lipinski definition) is 6. The summed E-state index contributed by atoms with van der Waals surface area (Å²) in [6.07, 6.45) is 0. The van der Waals surface area contributed by atoms with Gasteiger partial charge in [-0.05, 0) is 18.2 Å². The normalized spacial score (nSPS) is 10.5. The highest BCUT2D eigenvalue weighted by atomic mass is 32.1. The number of benzene rings is 1. The fourth-order valence-corrected chi connectivity index (χ4v) is 2.68. The zero-order valence-corrected chi connectivity index (χ0v) is 12.6. The van der Waals surface area contributed by atoms with E-state index in [1.54, 1.807) is 11.3 Å². The molecule has 0 aliphatic carbocycles. The highest BCUT2D eigenvalue weighted by molar-refractivity contribution is 7.10. The molecule has 106 valence electrons. The number of nitriles is 1. The summed E-state index contributed by atoms with van der Waals surface area (Å²) in [4.78, 5) is 7.34. The second-order valence-electron chi connectivity index (χ2n) is 4.84. The zero-order chi connectivity index (χ0) is 14.8. The first-order chi connectivity index (χ1) is 10.2. The van der Waals surface area contributed by atoms with Gasteiger partial charge in [-0.25, -0.2) is 0 Å². The molecule has 5 nitrogen and oxygen atoms in total. The van der Waals surface area contributed by atoms with Crippen molar-refractivity contribution in [1.82, 2.24) is 4.98 Å². The third-order valence-corrected chi connectivity index (χ3v) is 3.95. The fraction of sp³-hybridized carbons (Fsp3) is 0.200. The van der Waals surface area contributed by atoms with E-state index < -0.39 is 0 Å². The van der Waals surface area contributed by atoms with Crippen molar-refractivity contribution in [2.75, 3.05) is 24.3 Å². The molecule has 0 saturated carbocycles. The van der Waals surface area contributed by atoms with Crippen molar-refractivity contribution in [3.63, 3.8) is 0 Å². The highest BCUT2D eigenvalue weighted by Crippen LogP contribution is 2.24. The summed E-state index contributed by atoms with van der Waals surface area (Å²) in [5.41, 5.74) is 3.27. The number of nitrogens with one attached hydrogen (secondary N) is 1. The zero-order valence-electron chi connectivity index (χ0n) is 11.8. The second-order valence-corrected chi connectivity index (χ2v) is 5.84. The molecule has 1 aromatic carbocycles. The molecular weight excluding hydrogens is 284 g/mol. The van der Waals surface area contributed by atoms with Crippen LogP contribution < -0.4 is 10.2 Å². The van der Waals surface area contributed by atoms with E-state index >= 15 is 0 Å². The number of oxazole rings is 1. The molecule has 0 bridgehead atoms. The van der Waals surface area contributed by atoms with Crippen molar-refractivity contribution < 1.29 is 4.42 Å². The first-order valence-electron chi connectivity index (χ1n) is 6.45. The van der Waals surface area contributed by atoms with Crippen LogP contribution in [0.1, 0.15) is 10.4 Å². The number of hydrogen-bond donors (Lipinski definition) is 1. The van der Waals surface area contributed by atoms with Gasteiger partial charge in [0.1, 0.15) is 11.6 Å². The largest absolute Gasteiger partial charge is 0.423 e. The summed E-state index contributed by atoms with van der Waals surface area (Å²) in [6, 6.07) is 10.5. The van der Waals surface area contributed by atoms with Gasteiger partial charge in [-0.2, -0.15) is 10.2 Å². The van der Waals surface area contributed by atoms with Crippen LogP contribution in [-0.4, -0.2) is 19.1 Å². The Bertz CT molecular complexity index is 813. The van der Waals surface area contributed by atoms with Crippen LogP contribution in [0.15, 0.2) is 34.1 Å². The first kappa shape index (κ1) is 13.5. The molecule has 0 aliphatic rings. The molecular formula is C15H14N4OS. The highest BCUT2D eigenvalue weighted by Gasteiger charge is 2.08. The molecule has 0 atom stereocenters. The molecule has 0 amide bonds. The summed E-state index contributed by atoms with van der Waals surface area (Å²) < 4.78 is 5.68. The monoisotopic (exact) mass is 298 g/mol. The predicted molar refractivity (Wildman–Crippen MR) is 84.7 cm³/mol. The van der Waals surface area contributed by atoms with Gasteiger partial charge >= 0.3 is 0 Å². The number of aromatic nitrogens is 1. The maximum atomic E-state index is 8.81. The molecule has 1 N–H and O–H groups in total. The Morgan fingerprint density at radius 3 is 2.95 bits per heavy atom. The van der Waals surface area contributed by atoms with E-state index in [0.717, 1.165) is 21.7 Å². The van der Waals surface area contributed by atoms with Gasteiger partial charge in [-0.1, -0.05) is 0 Å². The molecule has 3 rings (SSSR count). The van der Waals surface area contributed by atoms with Crippen LogP contribution >= 0.6 is 11.3 Å². The van der Waals surface area contributed by atoms with Crippen LogP contribution in [0.3, 0.4) is 0 Å². The van der Waals surface area contributed by atoms with E-state index in [1.165, 1.54) is 0 Å². The summed E-state index contributed by atoms with van der Waals surface area (Å²) in [5.74, 6) is 0. The SMILES string of the molecule is CN(C)c1nc2ccc(NCc3cc(C#N)cs3)cc2o1. The second kappa shape index (κ2) is 5.46. The van der Waals surface area contributed by atoms with Crippen LogP contribution in [0.2, 0.25) is 0 Å². The van der Waals surface area contributed by atoms with Gasteiger partial charge in [-0.3, -0.25) is 0 Å². The smallest absolute Gasteiger partial charge is 0.297 e. The number of fused-ring (bicyclic) bond motifs is 1. The lowest BCUT2D eigenvalue weighted by Crippen LogP contribution is -2.08. The van der Waals surface area contributed by atoms with Crippen molar-refractivity contribution in [3.8, 4) is 6.07 Å². The van der Waals surface area contributed by atoms with Gasteiger partial charge < -0.3 is 14.6 Å². The standard InChI is InChI=1S/C15H14N4OS/c1-19(2)15-18-13-4-3-11(6-14(13)20-15)17-8-12-5-10(7-16)9-21-12/h3-6,9,17H,8H2,1-2H3. The number of nitrogens with zero attached hydrogens (tertiary/aromatic N) is 3. The topological polar surface area (TPSA) is 65.1 Å². The molecule has 6 heteroatoms. The summed E-state index contributed by atoms with van der Waals surface area (Å²) in [5, 5.41) is 14.0. The van der Waals surface area contributed by atoms with Crippen molar-refractivity contribution >= 4 is 34.1 Å². The minimum atomic E-state index is 0.596. The Balaban J connectivity index is 1.76. The lowest BCUT2D eigenvalue weighted by Gasteiger charge is -2.04. The van der Waals surface area contributed by atoms with Crippen LogP contribution in [-0.2, 0) is 6.54 Å². The Labute approximate surface area is 126 Å². The fourth-order valence-electron chi connectivity index (χ4n) is 1.93. The molecule has 2 heterocycles. The lowest BCUT2D eigenvalue weighted by molar-refractivity contribution is 0.597. The number of anilines is 2. The molecule has 3 aromatic rings. The Kier molecular flexibility index (Phi) is 3.50. The van der Waals surface area contributed by atoms with E-state index in [2.05, 4.69) is 16.4 Å². The molecule has 21 heavy (non-hydrogen) atoms. The third-order valence-electron chi connectivity index (χ3n) is 3.01. The quantitative estimate of drug-likeness (QED) is 0.799. The van der Waals surface area contributed by atoms with Crippen LogP contribution in [0.5, 0.6) is 0 Å². The maximum absolute atomic E-state index is 8.81. The van der Waals surface area contributed by atoms with Crippen molar-refractivity contribution in [3.05, 3.63) is 40.1 Å². The van der Waals surface area contributed by atoms with Gasteiger partial charge in [0.2, 0.25) is 0 Å². The van der Waals surface area contributed by atoms with Crippen LogP contribution in [0.25, 0.3) is 11.1 Å². The number of rotatable bonds is 4. The molecule has 0 saturated heterocycles. The Morgan fingerprint density at radius 2 is 2.24 bits per heavy atom. The van der Waals surface area contributed by atoms with Gasteiger partial charge in [0, 0.05) is 42.7 Å². The maximum Gasteiger partial charge on any atom is 0.297 e. The lowest BCUT2D eigenvalue weighted by atomic mass is 10.3. The average Bonchev–Trinajstić information content (AvgIpc) is 3.11. The minimum Gasteiger partial charge on any atom is -0.423 e. The van der Waals surface area contributed by atoms with Crippen LogP contribution in [0, 0.1) is 11.3 Å². The van der Waals surface area contributed by atoms with Crippen molar-refractivity contribution in [2.45, 2.75) is 6.54 Å². The third kappa shape index (κ3) is 2.83. The first-order valence-corrected chi connectivity index (χ1v) is 7.33. The van der Waals surface area contributed by atoms with Crippen molar-refractivity contribution in [2.24, 2.45) is 0 Å². The summed E-state index contributed by atoms with van der Waals surface area (Å²) in [6.45, 7) is 0.687. The van der Waals surface area contributed by atoms with E-state index in [1.807, 2.05) is 48.6 Å². The molecule has 0 aliphatic heterocycles. The molecule has 0 unspecified atom stereocenters. The van der Waals surface area contributed by atoms with Gasteiger partial charge in [-0.15, -0.1) is 11.3 Å². The Morgan fingerprint density at radius 1 is 1.38 bits per heavy atom.